The molecule has 1 heterocycles. The predicted molar refractivity (Wildman–Crippen MR) is 86.8 cm³/mol. The lowest BCUT2D eigenvalue weighted by molar-refractivity contribution is -0.0498. The molecule has 128 valence electrons. The van der Waals surface area contributed by atoms with Crippen molar-refractivity contribution in [2.75, 3.05) is 5.32 Å². The van der Waals surface area contributed by atoms with E-state index in [9.17, 15) is 13.6 Å². The van der Waals surface area contributed by atoms with Gasteiger partial charge in [-0.05, 0) is 31.0 Å². The van der Waals surface area contributed by atoms with Gasteiger partial charge in [0.25, 0.3) is 5.91 Å². The first-order valence-electron chi connectivity index (χ1n) is 7.81. The highest BCUT2D eigenvalue weighted by Crippen LogP contribution is 2.35. The van der Waals surface area contributed by atoms with Gasteiger partial charge in [0.05, 0.1) is 0 Å². The van der Waals surface area contributed by atoms with Gasteiger partial charge in [0.2, 0.25) is 5.13 Å². The Hall–Kier alpha value is -2.09. The number of carbonyl (C=O) groups is 1. The second-order valence-electron chi connectivity index (χ2n) is 5.64. The molecule has 0 aliphatic heterocycles. The molecule has 0 radical (unpaired) electrons. The van der Waals surface area contributed by atoms with Crippen molar-refractivity contribution in [1.29, 1.82) is 0 Å². The van der Waals surface area contributed by atoms with Crippen LogP contribution in [0.4, 0.5) is 13.9 Å². The Labute approximate surface area is 142 Å². The number of halogens is 2. The van der Waals surface area contributed by atoms with Gasteiger partial charge in [-0.15, -0.1) is 10.2 Å². The second-order valence-corrected chi connectivity index (χ2v) is 6.65. The Kier molecular flexibility index (Phi) is 5.34. The molecule has 1 fully saturated rings. The Balaban J connectivity index is 1.65. The zero-order valence-electron chi connectivity index (χ0n) is 12.9. The average Bonchev–Trinajstić information content (AvgIpc) is 3.04. The van der Waals surface area contributed by atoms with E-state index in [0.717, 1.165) is 17.8 Å². The number of ether oxygens (including phenoxy) is 1. The third-order valence-electron chi connectivity index (χ3n) is 3.94. The van der Waals surface area contributed by atoms with Gasteiger partial charge in [0.1, 0.15) is 10.8 Å². The van der Waals surface area contributed by atoms with Gasteiger partial charge in [0.15, 0.2) is 0 Å². The quantitative estimate of drug-likeness (QED) is 0.863. The summed E-state index contributed by atoms with van der Waals surface area (Å²) < 4.78 is 28.8. The monoisotopic (exact) mass is 353 g/mol. The molecule has 2 aromatic rings. The van der Waals surface area contributed by atoms with Crippen molar-refractivity contribution in [2.24, 2.45) is 0 Å². The summed E-state index contributed by atoms with van der Waals surface area (Å²) >= 11 is 1.37. The van der Waals surface area contributed by atoms with E-state index in [1.54, 1.807) is 0 Å². The predicted octanol–water partition coefficient (Wildman–Crippen LogP) is 4.44. The van der Waals surface area contributed by atoms with E-state index < -0.39 is 12.5 Å². The fraction of sp³-hybridized carbons (Fsp3) is 0.438. The minimum absolute atomic E-state index is 0.0576. The molecular formula is C16H17F2N3O2S. The van der Waals surface area contributed by atoms with Crippen LogP contribution in [-0.2, 0) is 0 Å². The Morgan fingerprint density at radius 3 is 2.79 bits per heavy atom. The molecule has 1 amide bonds. The summed E-state index contributed by atoms with van der Waals surface area (Å²) in [6, 6.07) is 5.65. The lowest BCUT2D eigenvalue weighted by atomic mass is 9.90. The van der Waals surface area contributed by atoms with Crippen molar-refractivity contribution in [1.82, 2.24) is 10.2 Å². The average molecular weight is 353 g/mol. The van der Waals surface area contributed by atoms with E-state index in [1.165, 1.54) is 54.9 Å². The molecule has 1 saturated carbocycles. The van der Waals surface area contributed by atoms with E-state index in [4.69, 9.17) is 0 Å². The number of rotatable bonds is 5. The molecular weight excluding hydrogens is 336 g/mol. The lowest BCUT2D eigenvalue weighted by Gasteiger charge is -2.18. The summed E-state index contributed by atoms with van der Waals surface area (Å²) in [5, 5.41) is 12.2. The number of hydrogen-bond acceptors (Lipinski definition) is 5. The summed E-state index contributed by atoms with van der Waals surface area (Å²) in [6.45, 7) is -2.93. The standard InChI is InChI=1S/C16H17F2N3O2S/c17-15(18)23-12-8-4-7-11(9-12)13(22)19-16-21-20-14(24-16)10-5-2-1-3-6-10/h4,7-10,15H,1-3,5-6H2,(H,19,21,22). The van der Waals surface area contributed by atoms with Gasteiger partial charge < -0.3 is 4.74 Å². The van der Waals surface area contributed by atoms with E-state index in [0.29, 0.717) is 11.0 Å². The number of aromatic nitrogens is 2. The van der Waals surface area contributed by atoms with Crippen LogP contribution in [0.5, 0.6) is 5.75 Å². The van der Waals surface area contributed by atoms with Crippen LogP contribution >= 0.6 is 11.3 Å². The van der Waals surface area contributed by atoms with E-state index in [1.807, 2.05) is 0 Å². The summed E-state index contributed by atoms with van der Waals surface area (Å²) in [5.74, 6) is -0.0662. The number of alkyl halides is 2. The van der Waals surface area contributed by atoms with Crippen molar-refractivity contribution < 1.29 is 18.3 Å². The van der Waals surface area contributed by atoms with Crippen LogP contribution in [0.15, 0.2) is 24.3 Å². The number of nitrogens with one attached hydrogen (secondary N) is 1. The van der Waals surface area contributed by atoms with Crippen LogP contribution in [0.25, 0.3) is 0 Å². The maximum atomic E-state index is 12.2. The van der Waals surface area contributed by atoms with E-state index >= 15 is 0 Å². The zero-order valence-corrected chi connectivity index (χ0v) is 13.7. The molecule has 5 nitrogen and oxygen atoms in total. The maximum absolute atomic E-state index is 12.2. The van der Waals surface area contributed by atoms with Crippen LogP contribution in [-0.4, -0.2) is 22.7 Å². The minimum Gasteiger partial charge on any atom is -0.435 e. The number of nitrogens with zero attached hydrogens (tertiary/aromatic N) is 2. The van der Waals surface area contributed by atoms with Gasteiger partial charge in [-0.25, -0.2) is 0 Å². The molecule has 0 atom stereocenters. The van der Waals surface area contributed by atoms with Gasteiger partial charge in [-0.3, -0.25) is 10.1 Å². The normalized spacial score (nSPS) is 15.5. The first-order chi connectivity index (χ1) is 11.6. The van der Waals surface area contributed by atoms with Crippen LogP contribution < -0.4 is 10.1 Å². The summed E-state index contributed by atoms with van der Waals surface area (Å²) in [5.41, 5.74) is 0.225. The van der Waals surface area contributed by atoms with E-state index in [2.05, 4.69) is 20.3 Å². The van der Waals surface area contributed by atoms with Gasteiger partial charge in [0, 0.05) is 11.5 Å². The molecule has 0 bridgehead atoms. The fourth-order valence-electron chi connectivity index (χ4n) is 2.78. The van der Waals surface area contributed by atoms with Crippen LogP contribution in [0.2, 0.25) is 0 Å². The van der Waals surface area contributed by atoms with E-state index in [-0.39, 0.29) is 11.3 Å². The van der Waals surface area contributed by atoms with Crippen molar-refractivity contribution in [3.8, 4) is 5.75 Å². The molecule has 1 aromatic heterocycles. The largest absolute Gasteiger partial charge is 0.435 e. The number of amides is 1. The number of carbonyl (C=O) groups excluding carboxylic acids is 1. The number of anilines is 1. The van der Waals surface area contributed by atoms with Crippen molar-refractivity contribution >= 4 is 22.4 Å². The minimum atomic E-state index is -2.93. The van der Waals surface area contributed by atoms with Crippen molar-refractivity contribution in [2.45, 2.75) is 44.6 Å². The first-order valence-corrected chi connectivity index (χ1v) is 8.63. The third kappa shape index (κ3) is 4.25. The number of hydrogen-bond donors (Lipinski definition) is 1. The summed E-state index contributed by atoms with van der Waals surface area (Å²) in [4.78, 5) is 12.2. The van der Waals surface area contributed by atoms with Crippen molar-refractivity contribution in [3.63, 3.8) is 0 Å². The molecule has 3 rings (SSSR count). The molecule has 8 heteroatoms. The Bertz CT molecular complexity index is 702. The molecule has 1 N–H and O–H groups in total. The van der Waals surface area contributed by atoms with Gasteiger partial charge in [-0.1, -0.05) is 36.7 Å². The highest BCUT2D eigenvalue weighted by molar-refractivity contribution is 7.15. The molecule has 0 spiro atoms. The molecule has 1 aliphatic rings. The Morgan fingerprint density at radius 1 is 1.25 bits per heavy atom. The topological polar surface area (TPSA) is 64.1 Å². The Morgan fingerprint density at radius 2 is 2.04 bits per heavy atom. The lowest BCUT2D eigenvalue weighted by Crippen LogP contribution is -2.12. The number of benzene rings is 1. The van der Waals surface area contributed by atoms with Crippen LogP contribution in [0.3, 0.4) is 0 Å². The molecule has 0 saturated heterocycles. The summed E-state index contributed by atoms with van der Waals surface area (Å²) in [7, 11) is 0. The van der Waals surface area contributed by atoms with Crippen LogP contribution in [0, 0.1) is 0 Å². The first kappa shape index (κ1) is 16.8. The second kappa shape index (κ2) is 7.65. The smallest absolute Gasteiger partial charge is 0.387 e. The maximum Gasteiger partial charge on any atom is 0.387 e. The molecule has 24 heavy (non-hydrogen) atoms. The van der Waals surface area contributed by atoms with Gasteiger partial charge >= 0.3 is 6.61 Å². The van der Waals surface area contributed by atoms with Crippen LogP contribution in [0.1, 0.15) is 53.4 Å². The SMILES string of the molecule is O=C(Nc1nnc(C2CCCCC2)s1)c1cccc(OC(F)F)c1. The fourth-order valence-corrected chi connectivity index (χ4v) is 3.69. The zero-order chi connectivity index (χ0) is 16.9. The molecule has 1 aromatic carbocycles. The highest BCUT2D eigenvalue weighted by atomic mass is 32.1. The third-order valence-corrected chi connectivity index (χ3v) is 4.94. The molecule has 0 unspecified atom stereocenters. The van der Waals surface area contributed by atoms with Gasteiger partial charge in [-0.2, -0.15) is 8.78 Å². The highest BCUT2D eigenvalue weighted by Gasteiger charge is 2.20. The van der Waals surface area contributed by atoms with Crippen molar-refractivity contribution in [3.05, 3.63) is 34.8 Å². The molecule has 1 aliphatic carbocycles. The summed E-state index contributed by atoms with van der Waals surface area (Å²) in [6.07, 6.45) is 5.87.